The fraction of sp³-hybridized carbons (Fsp3) is 0.615. The number of allylic oxidation sites excluding steroid dienone is 1. The number of methoxy groups -OCH3 is 1. The van der Waals surface area contributed by atoms with Gasteiger partial charge in [-0.25, -0.2) is 0 Å². The number of piperidine rings is 1. The van der Waals surface area contributed by atoms with Gasteiger partial charge in [0.05, 0.1) is 6.10 Å². The predicted octanol–water partition coefficient (Wildman–Crippen LogP) is 3.28. The quantitative estimate of drug-likeness (QED) is 0.691. The molecule has 2 aliphatic carbocycles. The van der Waals surface area contributed by atoms with Gasteiger partial charge in [0.2, 0.25) is 5.91 Å². The zero-order valence-corrected chi connectivity index (χ0v) is 19.5. The number of fused-ring (bicyclic) bond motifs is 1. The molecule has 7 heteroatoms. The maximum atomic E-state index is 13.0. The zero-order valence-electron chi connectivity index (χ0n) is 19.5. The fourth-order valence-corrected chi connectivity index (χ4v) is 5.98. The Morgan fingerprint density at radius 2 is 1.79 bits per heavy atom. The highest BCUT2D eigenvalue weighted by atomic mass is 16.5. The molecule has 0 spiro atoms. The molecule has 0 bridgehead atoms. The minimum Gasteiger partial charge on any atom is -0.489 e. The third-order valence-electron chi connectivity index (χ3n) is 7.78. The van der Waals surface area contributed by atoms with E-state index in [0.29, 0.717) is 43.1 Å². The molecular formula is C26H35N3O4. The van der Waals surface area contributed by atoms with E-state index >= 15 is 0 Å². The Labute approximate surface area is 195 Å². The second-order valence-corrected chi connectivity index (χ2v) is 9.92. The van der Waals surface area contributed by atoms with Crippen LogP contribution in [-0.4, -0.2) is 54.2 Å². The van der Waals surface area contributed by atoms with Crippen LogP contribution in [0.4, 0.5) is 0 Å². The van der Waals surface area contributed by atoms with Gasteiger partial charge in [-0.05, 0) is 75.1 Å². The molecule has 5 rings (SSSR count). The molecule has 2 heterocycles. The normalized spacial score (nSPS) is 32.1. The van der Waals surface area contributed by atoms with Crippen LogP contribution in [0.2, 0.25) is 0 Å². The Bertz CT molecular complexity index is 932. The van der Waals surface area contributed by atoms with Crippen molar-refractivity contribution in [1.82, 2.24) is 15.5 Å². The van der Waals surface area contributed by atoms with Crippen molar-refractivity contribution in [3.05, 3.63) is 41.6 Å². The minimum atomic E-state index is -0.438. The SMILES string of the molecule is C=C1CCC(N2Cc3cc(O[C@@H]4CCCC[C@@H]4N[C@H]4CCC[C@@H]4OC)ccc3C2=O)C(=O)N1. The van der Waals surface area contributed by atoms with Gasteiger partial charge in [-0.2, -0.15) is 0 Å². The lowest BCUT2D eigenvalue weighted by molar-refractivity contribution is -0.126. The van der Waals surface area contributed by atoms with Crippen LogP contribution in [0.15, 0.2) is 30.5 Å². The number of hydrogen-bond donors (Lipinski definition) is 2. The lowest BCUT2D eigenvalue weighted by atomic mass is 9.91. The van der Waals surface area contributed by atoms with Crippen molar-refractivity contribution in [2.24, 2.45) is 0 Å². The Morgan fingerprint density at radius 1 is 1.03 bits per heavy atom. The van der Waals surface area contributed by atoms with Crippen LogP contribution in [-0.2, 0) is 16.1 Å². The molecule has 178 valence electrons. The molecule has 1 aromatic carbocycles. The van der Waals surface area contributed by atoms with Crippen molar-refractivity contribution in [2.75, 3.05) is 7.11 Å². The summed E-state index contributed by atoms with van der Waals surface area (Å²) < 4.78 is 12.2. The molecule has 0 aromatic heterocycles. The molecule has 33 heavy (non-hydrogen) atoms. The van der Waals surface area contributed by atoms with Gasteiger partial charge in [0.25, 0.3) is 5.91 Å². The van der Waals surface area contributed by atoms with Crippen LogP contribution in [0.1, 0.15) is 73.7 Å². The van der Waals surface area contributed by atoms with E-state index in [1.807, 2.05) is 25.3 Å². The van der Waals surface area contributed by atoms with Gasteiger partial charge in [-0.1, -0.05) is 13.0 Å². The predicted molar refractivity (Wildman–Crippen MR) is 125 cm³/mol. The van der Waals surface area contributed by atoms with Gasteiger partial charge in [0.15, 0.2) is 0 Å². The molecular weight excluding hydrogens is 418 g/mol. The average molecular weight is 454 g/mol. The van der Waals surface area contributed by atoms with Crippen molar-refractivity contribution in [2.45, 2.75) is 94.7 Å². The second-order valence-electron chi connectivity index (χ2n) is 9.92. The highest BCUT2D eigenvalue weighted by Crippen LogP contribution is 2.33. The summed E-state index contributed by atoms with van der Waals surface area (Å²) in [5, 5.41) is 6.64. The van der Waals surface area contributed by atoms with Crippen LogP contribution >= 0.6 is 0 Å². The number of hydrogen-bond acceptors (Lipinski definition) is 5. The summed E-state index contributed by atoms with van der Waals surface area (Å²) in [5.41, 5.74) is 2.33. The summed E-state index contributed by atoms with van der Waals surface area (Å²) in [6.45, 7) is 4.28. The molecule has 1 saturated heterocycles. The topological polar surface area (TPSA) is 79.9 Å². The standard InChI is InChI=1S/C26H35N3O4/c1-16-10-13-22(25(30)27-16)29-15-17-14-18(11-12-19(17)26(29)31)33-24-8-4-3-6-21(24)28-20-7-5-9-23(20)32-2/h11-12,14,20-24,28H,1,3-10,13,15H2,2H3,(H,27,30)/t20-,21-,22?,23-,24+/m0/s1. The number of nitrogens with zero attached hydrogens (tertiary/aromatic N) is 1. The summed E-state index contributed by atoms with van der Waals surface area (Å²) in [6, 6.07) is 6.02. The summed E-state index contributed by atoms with van der Waals surface area (Å²) in [7, 11) is 1.81. The Kier molecular flexibility index (Phi) is 6.43. The van der Waals surface area contributed by atoms with Gasteiger partial charge >= 0.3 is 0 Å². The number of carbonyl (C=O) groups excluding carboxylic acids is 2. The molecule has 2 saturated carbocycles. The zero-order chi connectivity index (χ0) is 22.9. The van der Waals surface area contributed by atoms with E-state index in [4.69, 9.17) is 9.47 Å². The number of amides is 2. The van der Waals surface area contributed by atoms with E-state index in [2.05, 4.69) is 17.2 Å². The Balaban J connectivity index is 1.26. The molecule has 4 aliphatic rings. The van der Waals surface area contributed by atoms with E-state index < -0.39 is 6.04 Å². The highest BCUT2D eigenvalue weighted by molar-refractivity contribution is 6.01. The Morgan fingerprint density at radius 3 is 2.61 bits per heavy atom. The van der Waals surface area contributed by atoms with E-state index in [-0.39, 0.29) is 17.9 Å². The van der Waals surface area contributed by atoms with Gasteiger partial charge in [-0.3, -0.25) is 9.59 Å². The lowest BCUT2D eigenvalue weighted by Crippen LogP contribution is -2.51. The van der Waals surface area contributed by atoms with E-state index in [0.717, 1.165) is 42.7 Å². The maximum absolute atomic E-state index is 13.0. The molecule has 2 N–H and O–H groups in total. The molecule has 3 fully saturated rings. The largest absolute Gasteiger partial charge is 0.489 e. The fourth-order valence-electron chi connectivity index (χ4n) is 5.98. The van der Waals surface area contributed by atoms with Gasteiger partial charge < -0.3 is 25.0 Å². The molecule has 1 aromatic rings. The lowest BCUT2D eigenvalue weighted by Gasteiger charge is -2.35. The number of ether oxygens (including phenoxy) is 2. The monoisotopic (exact) mass is 453 g/mol. The van der Waals surface area contributed by atoms with Gasteiger partial charge in [0.1, 0.15) is 17.9 Å². The van der Waals surface area contributed by atoms with Crippen LogP contribution in [0, 0.1) is 0 Å². The van der Waals surface area contributed by atoms with E-state index in [1.54, 1.807) is 4.90 Å². The van der Waals surface area contributed by atoms with Crippen LogP contribution in [0.3, 0.4) is 0 Å². The molecule has 2 amide bonds. The number of nitrogens with one attached hydrogen (secondary N) is 2. The number of rotatable bonds is 6. The van der Waals surface area contributed by atoms with E-state index in [1.165, 1.54) is 19.3 Å². The van der Waals surface area contributed by atoms with Crippen LogP contribution < -0.4 is 15.4 Å². The van der Waals surface area contributed by atoms with Crippen molar-refractivity contribution < 1.29 is 19.1 Å². The van der Waals surface area contributed by atoms with E-state index in [9.17, 15) is 9.59 Å². The van der Waals surface area contributed by atoms with Crippen molar-refractivity contribution >= 4 is 11.8 Å². The van der Waals surface area contributed by atoms with Crippen LogP contribution in [0.25, 0.3) is 0 Å². The van der Waals surface area contributed by atoms with Crippen molar-refractivity contribution in [3.63, 3.8) is 0 Å². The molecule has 0 radical (unpaired) electrons. The summed E-state index contributed by atoms with van der Waals surface area (Å²) in [4.78, 5) is 27.1. The maximum Gasteiger partial charge on any atom is 0.255 e. The minimum absolute atomic E-state index is 0.0757. The van der Waals surface area contributed by atoms with Crippen molar-refractivity contribution in [1.29, 1.82) is 0 Å². The van der Waals surface area contributed by atoms with Crippen molar-refractivity contribution in [3.8, 4) is 5.75 Å². The van der Waals surface area contributed by atoms with Gasteiger partial charge in [0, 0.05) is 37.0 Å². The Hall–Kier alpha value is -2.38. The molecule has 2 aliphatic heterocycles. The van der Waals surface area contributed by atoms with Crippen LogP contribution in [0.5, 0.6) is 5.75 Å². The summed E-state index contributed by atoms with van der Waals surface area (Å²) in [5.74, 6) is 0.591. The number of carbonyl (C=O) groups is 2. The first kappa shape index (κ1) is 22.4. The molecule has 1 unspecified atom stereocenters. The molecule has 5 atom stereocenters. The highest BCUT2D eigenvalue weighted by Gasteiger charge is 2.39. The summed E-state index contributed by atoms with van der Waals surface area (Å²) >= 11 is 0. The first-order valence-electron chi connectivity index (χ1n) is 12.4. The summed E-state index contributed by atoms with van der Waals surface area (Å²) in [6.07, 6.45) is 9.71. The smallest absolute Gasteiger partial charge is 0.255 e. The third kappa shape index (κ3) is 4.53. The second kappa shape index (κ2) is 9.47. The third-order valence-corrected chi connectivity index (χ3v) is 7.78. The molecule has 7 nitrogen and oxygen atoms in total. The number of benzene rings is 1. The first-order chi connectivity index (χ1) is 16.0. The van der Waals surface area contributed by atoms with Gasteiger partial charge in [-0.15, -0.1) is 0 Å². The average Bonchev–Trinajstić information content (AvgIpc) is 3.39. The first-order valence-corrected chi connectivity index (χ1v) is 12.4.